The average Bonchev–Trinajstić information content (AvgIpc) is 2.58. The third kappa shape index (κ3) is 6.51. The van der Waals surface area contributed by atoms with Crippen LogP contribution in [0.4, 0.5) is 38.3 Å². The van der Waals surface area contributed by atoms with Gasteiger partial charge in [0.1, 0.15) is 10.5 Å². The van der Waals surface area contributed by atoms with Crippen molar-refractivity contribution in [2.45, 2.75) is 28.5 Å². The van der Waals surface area contributed by atoms with Crippen molar-refractivity contribution in [3.05, 3.63) is 54.1 Å². The van der Waals surface area contributed by atoms with Gasteiger partial charge in [-0.05, 0) is 49.4 Å². The van der Waals surface area contributed by atoms with Crippen molar-refractivity contribution in [1.82, 2.24) is 0 Å². The summed E-state index contributed by atoms with van der Waals surface area (Å²) in [5.74, 6) is -1.47. The Morgan fingerprint density at radius 2 is 1.60 bits per heavy atom. The number of carbonyl (C=O) groups is 1. The van der Waals surface area contributed by atoms with Crippen LogP contribution in [0.5, 0.6) is 0 Å². The lowest BCUT2D eigenvalue weighted by Crippen LogP contribution is -2.42. The molecule has 2 aromatic rings. The van der Waals surface area contributed by atoms with Crippen molar-refractivity contribution in [3.8, 4) is 0 Å². The standard InChI is InChI=1S/C17H15F8NO2S2/c1-16(28,10-29-13-4-2-3-11(9-13)17(18,19)20)15(27)26-12-5-7-14(8-6-12)30(21,22,23,24)25/h2-9,28H,10H2,1H3,(H,26,27). The van der Waals surface area contributed by atoms with Crippen LogP contribution in [-0.2, 0) is 11.0 Å². The quantitative estimate of drug-likeness (QED) is 0.351. The molecule has 0 radical (unpaired) electrons. The molecule has 30 heavy (non-hydrogen) atoms. The maximum atomic E-state index is 12.7. The highest BCUT2D eigenvalue weighted by Gasteiger charge is 2.65. The number of carbonyl (C=O) groups excluding carboxylic acids is 1. The maximum absolute atomic E-state index is 12.7. The van der Waals surface area contributed by atoms with Crippen LogP contribution in [0.15, 0.2) is 58.3 Å². The molecule has 2 aromatic carbocycles. The molecule has 0 saturated carbocycles. The molecule has 0 heterocycles. The van der Waals surface area contributed by atoms with Gasteiger partial charge < -0.3 is 10.4 Å². The predicted molar refractivity (Wildman–Crippen MR) is 99.3 cm³/mol. The first kappa shape index (κ1) is 24.3. The summed E-state index contributed by atoms with van der Waals surface area (Å²) in [4.78, 5) is 10.2. The number of rotatable bonds is 6. The van der Waals surface area contributed by atoms with Gasteiger partial charge >= 0.3 is 16.4 Å². The summed E-state index contributed by atoms with van der Waals surface area (Å²) in [6.07, 6.45) is -4.57. The molecular formula is C17H15F8NO2S2. The molecule has 3 nitrogen and oxygen atoms in total. The van der Waals surface area contributed by atoms with Crippen molar-refractivity contribution in [2.75, 3.05) is 11.1 Å². The monoisotopic (exact) mass is 481 g/mol. The van der Waals surface area contributed by atoms with E-state index in [1.807, 2.05) is 0 Å². The number of aliphatic hydroxyl groups is 1. The lowest BCUT2D eigenvalue weighted by Gasteiger charge is -2.40. The van der Waals surface area contributed by atoms with Crippen molar-refractivity contribution < 1.29 is 42.5 Å². The number of halogens is 8. The van der Waals surface area contributed by atoms with Crippen molar-refractivity contribution >= 4 is 33.6 Å². The van der Waals surface area contributed by atoms with Crippen LogP contribution in [-0.4, -0.2) is 22.4 Å². The number of benzene rings is 2. The summed E-state index contributed by atoms with van der Waals surface area (Å²) in [5, 5.41) is 12.3. The minimum absolute atomic E-state index is 0.100. The van der Waals surface area contributed by atoms with Crippen molar-refractivity contribution in [3.63, 3.8) is 0 Å². The number of alkyl halides is 3. The SMILES string of the molecule is CC(O)(CSc1cccc(C(F)(F)F)c1)C(=O)Nc1ccc(S(F)(F)(F)(F)F)cc1. The third-order valence-corrected chi connectivity index (χ3v) is 6.18. The van der Waals surface area contributed by atoms with Gasteiger partial charge in [0.05, 0.1) is 5.56 Å². The molecule has 2 N–H and O–H groups in total. The fourth-order valence-electron chi connectivity index (χ4n) is 2.11. The van der Waals surface area contributed by atoms with Crippen LogP contribution in [0.25, 0.3) is 0 Å². The number of nitrogens with one attached hydrogen (secondary N) is 1. The number of anilines is 1. The van der Waals surface area contributed by atoms with Gasteiger partial charge in [0.15, 0.2) is 0 Å². The number of hydrogen-bond donors (Lipinski definition) is 2. The van der Waals surface area contributed by atoms with E-state index < -0.39 is 38.4 Å². The lowest BCUT2D eigenvalue weighted by molar-refractivity contribution is -0.137. The van der Waals surface area contributed by atoms with Gasteiger partial charge in [-0.25, -0.2) is 0 Å². The highest BCUT2D eigenvalue weighted by molar-refractivity contribution is 8.45. The second-order valence-corrected chi connectivity index (χ2v) is 9.99. The van der Waals surface area contributed by atoms with Crippen LogP contribution >= 0.6 is 22.0 Å². The largest absolute Gasteiger partial charge is 0.416 e. The molecule has 0 spiro atoms. The van der Waals surface area contributed by atoms with Gasteiger partial charge in [-0.1, -0.05) is 25.5 Å². The molecule has 0 aromatic heterocycles. The molecule has 0 aliphatic rings. The van der Waals surface area contributed by atoms with E-state index in [1.165, 1.54) is 6.07 Å². The fraction of sp³-hybridized carbons (Fsp3) is 0.235. The van der Waals surface area contributed by atoms with E-state index in [0.29, 0.717) is 12.1 Å². The van der Waals surface area contributed by atoms with E-state index in [2.05, 4.69) is 5.32 Å². The topological polar surface area (TPSA) is 49.3 Å². The zero-order chi connectivity index (χ0) is 23.1. The molecule has 0 aliphatic heterocycles. The normalized spacial score (nSPS) is 16.9. The summed E-state index contributed by atoms with van der Waals surface area (Å²) in [6.45, 7) is 1.05. The summed E-state index contributed by atoms with van der Waals surface area (Å²) in [5.41, 5.74) is -3.33. The number of amides is 1. The molecular weight excluding hydrogens is 466 g/mol. The van der Waals surface area contributed by atoms with Gasteiger partial charge in [-0.2, -0.15) is 13.2 Å². The zero-order valence-electron chi connectivity index (χ0n) is 15.0. The molecule has 0 saturated heterocycles. The van der Waals surface area contributed by atoms with Crippen LogP contribution in [0, 0.1) is 0 Å². The highest BCUT2D eigenvalue weighted by Crippen LogP contribution is 3.02. The molecule has 2 rings (SSSR count). The molecule has 0 fully saturated rings. The van der Waals surface area contributed by atoms with Crippen LogP contribution in [0.1, 0.15) is 12.5 Å². The van der Waals surface area contributed by atoms with Gasteiger partial charge in [-0.15, -0.1) is 11.8 Å². The Morgan fingerprint density at radius 1 is 1.03 bits per heavy atom. The average molecular weight is 481 g/mol. The van der Waals surface area contributed by atoms with Gasteiger partial charge in [0.25, 0.3) is 5.91 Å². The van der Waals surface area contributed by atoms with Gasteiger partial charge in [0.2, 0.25) is 0 Å². The predicted octanol–water partition coefficient (Wildman–Crippen LogP) is 6.84. The Morgan fingerprint density at radius 3 is 2.10 bits per heavy atom. The summed E-state index contributed by atoms with van der Waals surface area (Å²) < 4.78 is 102. The first-order chi connectivity index (χ1) is 13.3. The maximum Gasteiger partial charge on any atom is 0.416 e. The minimum Gasteiger partial charge on any atom is -0.379 e. The minimum atomic E-state index is -9.86. The molecule has 1 unspecified atom stereocenters. The molecule has 0 bridgehead atoms. The van der Waals surface area contributed by atoms with Crippen LogP contribution in [0.3, 0.4) is 0 Å². The van der Waals surface area contributed by atoms with E-state index in [1.54, 1.807) is 0 Å². The van der Waals surface area contributed by atoms with Crippen molar-refractivity contribution in [2.24, 2.45) is 0 Å². The highest BCUT2D eigenvalue weighted by atomic mass is 32.5. The third-order valence-electron chi connectivity index (χ3n) is 3.73. The molecule has 168 valence electrons. The summed E-state index contributed by atoms with van der Waals surface area (Å²) >= 11 is 0.747. The van der Waals surface area contributed by atoms with E-state index >= 15 is 0 Å². The summed E-state index contributed by atoms with van der Waals surface area (Å²) in [6, 6.07) is 5.57. The molecule has 1 amide bonds. The first-order valence-corrected chi connectivity index (χ1v) is 10.9. The Labute approximate surface area is 170 Å². The van der Waals surface area contributed by atoms with Crippen LogP contribution in [0.2, 0.25) is 0 Å². The van der Waals surface area contributed by atoms with Gasteiger partial charge in [-0.3, -0.25) is 4.79 Å². The smallest absolute Gasteiger partial charge is 0.379 e. The zero-order valence-corrected chi connectivity index (χ0v) is 16.7. The summed E-state index contributed by atoms with van der Waals surface area (Å²) in [7, 11) is -9.86. The Bertz CT molecular complexity index is 942. The fourth-order valence-corrected chi connectivity index (χ4v) is 3.73. The van der Waals surface area contributed by atoms with E-state index in [4.69, 9.17) is 0 Å². The Kier molecular flexibility index (Phi) is 5.68. The van der Waals surface area contributed by atoms with E-state index in [9.17, 15) is 42.5 Å². The second-order valence-electron chi connectivity index (χ2n) is 6.54. The van der Waals surface area contributed by atoms with E-state index in [0.717, 1.165) is 36.9 Å². The van der Waals surface area contributed by atoms with E-state index in [-0.39, 0.29) is 28.5 Å². The molecule has 13 heteroatoms. The molecule has 0 aliphatic carbocycles. The Hall–Kier alpha value is -1.99. The second kappa shape index (κ2) is 7.02. The van der Waals surface area contributed by atoms with Gasteiger partial charge in [0, 0.05) is 16.3 Å². The number of hydrogen-bond acceptors (Lipinski definition) is 3. The molecule has 1 atom stereocenters. The van der Waals surface area contributed by atoms with Crippen molar-refractivity contribution in [1.29, 1.82) is 0 Å². The lowest BCUT2D eigenvalue weighted by atomic mass is 10.1. The first-order valence-electron chi connectivity index (χ1n) is 7.96. The van der Waals surface area contributed by atoms with Crippen LogP contribution < -0.4 is 5.32 Å². The number of thioether (sulfide) groups is 1. The Balaban J connectivity index is 2.06.